The Morgan fingerprint density at radius 2 is 1.90 bits per heavy atom. The van der Waals surface area contributed by atoms with Gasteiger partial charge in [0.05, 0.1) is 11.2 Å². The third-order valence-electron chi connectivity index (χ3n) is 3.27. The first-order valence-corrected chi connectivity index (χ1v) is 6.94. The number of benzene rings is 2. The Labute approximate surface area is 123 Å². The standard InChI is InChI=1S/C17H15ClN2/c1-12-4-6-13(7-5-12)11-20-16-10-15(18)9-14-3-2-8-19-17(14)16/h2-10,20H,11H2,1H3. The monoisotopic (exact) mass is 282 g/mol. The summed E-state index contributed by atoms with van der Waals surface area (Å²) in [6.45, 7) is 2.85. The number of pyridine rings is 1. The van der Waals surface area contributed by atoms with Crippen molar-refractivity contribution in [3.63, 3.8) is 0 Å². The molecule has 0 bridgehead atoms. The second kappa shape index (κ2) is 5.51. The maximum Gasteiger partial charge on any atom is 0.0934 e. The molecule has 3 rings (SSSR count). The summed E-state index contributed by atoms with van der Waals surface area (Å²) in [5.41, 5.74) is 4.42. The maximum atomic E-state index is 6.16. The van der Waals surface area contributed by atoms with Gasteiger partial charge in [-0.3, -0.25) is 4.98 Å². The van der Waals surface area contributed by atoms with Gasteiger partial charge in [0, 0.05) is 23.2 Å². The molecule has 0 aliphatic heterocycles. The van der Waals surface area contributed by atoms with E-state index in [0.717, 1.165) is 28.2 Å². The number of fused-ring (bicyclic) bond motifs is 1. The minimum absolute atomic E-state index is 0.719. The van der Waals surface area contributed by atoms with Crippen molar-refractivity contribution in [2.24, 2.45) is 0 Å². The van der Waals surface area contributed by atoms with Crippen molar-refractivity contribution in [2.45, 2.75) is 13.5 Å². The lowest BCUT2D eigenvalue weighted by molar-refractivity contribution is 1.15. The number of hydrogen-bond acceptors (Lipinski definition) is 2. The molecule has 0 amide bonds. The fourth-order valence-corrected chi connectivity index (χ4v) is 2.42. The molecule has 0 atom stereocenters. The van der Waals surface area contributed by atoms with Crippen LogP contribution in [0.2, 0.25) is 5.02 Å². The van der Waals surface area contributed by atoms with Crippen LogP contribution in [0.3, 0.4) is 0 Å². The van der Waals surface area contributed by atoms with E-state index in [0.29, 0.717) is 0 Å². The SMILES string of the molecule is Cc1ccc(CNc2cc(Cl)cc3cccnc23)cc1. The second-order valence-corrected chi connectivity index (χ2v) is 5.30. The largest absolute Gasteiger partial charge is 0.379 e. The smallest absolute Gasteiger partial charge is 0.0934 e. The number of halogens is 1. The fraction of sp³-hybridized carbons (Fsp3) is 0.118. The van der Waals surface area contributed by atoms with Crippen LogP contribution in [0.5, 0.6) is 0 Å². The lowest BCUT2D eigenvalue weighted by atomic mass is 10.1. The van der Waals surface area contributed by atoms with Crippen molar-refractivity contribution in [1.29, 1.82) is 0 Å². The number of hydrogen-bond donors (Lipinski definition) is 1. The Morgan fingerprint density at radius 1 is 1.10 bits per heavy atom. The predicted octanol–water partition coefficient (Wildman–Crippen LogP) is 4.81. The fourth-order valence-electron chi connectivity index (χ4n) is 2.19. The first kappa shape index (κ1) is 12.9. The van der Waals surface area contributed by atoms with Crippen LogP contribution >= 0.6 is 11.6 Å². The van der Waals surface area contributed by atoms with Crippen LogP contribution < -0.4 is 5.32 Å². The van der Waals surface area contributed by atoms with Crippen LogP contribution in [0, 0.1) is 6.92 Å². The average molecular weight is 283 g/mol. The Kier molecular flexibility index (Phi) is 3.57. The summed E-state index contributed by atoms with van der Waals surface area (Å²) in [6, 6.07) is 16.3. The molecular formula is C17H15ClN2. The Morgan fingerprint density at radius 3 is 2.70 bits per heavy atom. The van der Waals surface area contributed by atoms with E-state index in [1.165, 1.54) is 11.1 Å². The number of aromatic nitrogens is 1. The van der Waals surface area contributed by atoms with Gasteiger partial charge in [0.2, 0.25) is 0 Å². The lowest BCUT2D eigenvalue weighted by Crippen LogP contribution is -2.00. The Bertz CT molecular complexity index is 736. The van der Waals surface area contributed by atoms with E-state index in [-0.39, 0.29) is 0 Å². The van der Waals surface area contributed by atoms with Crippen LogP contribution in [0.4, 0.5) is 5.69 Å². The van der Waals surface area contributed by atoms with Crippen LogP contribution in [0.25, 0.3) is 10.9 Å². The third kappa shape index (κ3) is 2.75. The molecule has 2 nitrogen and oxygen atoms in total. The van der Waals surface area contributed by atoms with Crippen molar-refractivity contribution in [1.82, 2.24) is 4.98 Å². The van der Waals surface area contributed by atoms with Crippen LogP contribution in [0.15, 0.2) is 54.7 Å². The molecule has 3 heteroatoms. The normalized spacial score (nSPS) is 10.7. The molecule has 0 radical (unpaired) electrons. The quantitative estimate of drug-likeness (QED) is 0.746. The molecule has 0 spiro atoms. The van der Waals surface area contributed by atoms with E-state index >= 15 is 0 Å². The highest BCUT2D eigenvalue weighted by Crippen LogP contribution is 2.26. The van der Waals surface area contributed by atoms with E-state index < -0.39 is 0 Å². The summed E-state index contributed by atoms with van der Waals surface area (Å²) in [5.74, 6) is 0. The summed E-state index contributed by atoms with van der Waals surface area (Å²) in [7, 11) is 0. The van der Waals surface area contributed by atoms with Gasteiger partial charge < -0.3 is 5.32 Å². The molecular weight excluding hydrogens is 268 g/mol. The molecule has 0 fully saturated rings. The van der Waals surface area contributed by atoms with Gasteiger partial charge in [-0.1, -0.05) is 47.5 Å². The van der Waals surface area contributed by atoms with E-state index in [1.54, 1.807) is 6.20 Å². The minimum Gasteiger partial charge on any atom is -0.379 e. The van der Waals surface area contributed by atoms with Crippen molar-refractivity contribution in [2.75, 3.05) is 5.32 Å². The van der Waals surface area contributed by atoms with Crippen molar-refractivity contribution in [3.05, 3.63) is 70.9 Å². The summed E-state index contributed by atoms with van der Waals surface area (Å²) in [5, 5.41) is 5.18. The van der Waals surface area contributed by atoms with Gasteiger partial charge in [0.25, 0.3) is 0 Å². The Balaban J connectivity index is 1.88. The molecule has 0 aliphatic carbocycles. The third-order valence-corrected chi connectivity index (χ3v) is 3.49. The topological polar surface area (TPSA) is 24.9 Å². The Hall–Kier alpha value is -2.06. The number of rotatable bonds is 3. The number of aryl methyl sites for hydroxylation is 1. The summed E-state index contributed by atoms with van der Waals surface area (Å²) >= 11 is 6.16. The van der Waals surface area contributed by atoms with Gasteiger partial charge in [-0.15, -0.1) is 0 Å². The zero-order valence-electron chi connectivity index (χ0n) is 11.2. The highest BCUT2D eigenvalue weighted by Gasteiger charge is 2.04. The van der Waals surface area contributed by atoms with Crippen LogP contribution in [-0.2, 0) is 6.54 Å². The van der Waals surface area contributed by atoms with E-state index in [2.05, 4.69) is 41.5 Å². The van der Waals surface area contributed by atoms with Gasteiger partial charge in [-0.05, 0) is 30.7 Å². The molecule has 0 aliphatic rings. The molecule has 0 unspecified atom stereocenters. The van der Waals surface area contributed by atoms with Crippen molar-refractivity contribution < 1.29 is 0 Å². The van der Waals surface area contributed by atoms with Gasteiger partial charge in [0.15, 0.2) is 0 Å². The van der Waals surface area contributed by atoms with Gasteiger partial charge in [0.1, 0.15) is 0 Å². The molecule has 1 aromatic heterocycles. The van der Waals surface area contributed by atoms with E-state index in [1.807, 2.05) is 24.3 Å². The summed E-state index contributed by atoms with van der Waals surface area (Å²) in [4.78, 5) is 4.43. The van der Waals surface area contributed by atoms with Gasteiger partial charge in [-0.25, -0.2) is 0 Å². The predicted molar refractivity (Wildman–Crippen MR) is 85.3 cm³/mol. The van der Waals surface area contributed by atoms with Crippen molar-refractivity contribution in [3.8, 4) is 0 Å². The minimum atomic E-state index is 0.719. The zero-order chi connectivity index (χ0) is 13.9. The van der Waals surface area contributed by atoms with Gasteiger partial charge >= 0.3 is 0 Å². The first-order chi connectivity index (χ1) is 9.72. The number of anilines is 1. The van der Waals surface area contributed by atoms with E-state index in [9.17, 15) is 0 Å². The van der Waals surface area contributed by atoms with Gasteiger partial charge in [-0.2, -0.15) is 0 Å². The highest BCUT2D eigenvalue weighted by molar-refractivity contribution is 6.31. The molecule has 3 aromatic rings. The highest BCUT2D eigenvalue weighted by atomic mass is 35.5. The molecule has 100 valence electrons. The zero-order valence-corrected chi connectivity index (χ0v) is 12.0. The average Bonchev–Trinajstić information content (AvgIpc) is 2.46. The molecule has 0 saturated carbocycles. The molecule has 2 aromatic carbocycles. The summed E-state index contributed by atoms with van der Waals surface area (Å²) in [6.07, 6.45) is 1.80. The molecule has 1 N–H and O–H groups in total. The first-order valence-electron chi connectivity index (χ1n) is 6.56. The molecule has 0 saturated heterocycles. The summed E-state index contributed by atoms with van der Waals surface area (Å²) < 4.78 is 0. The molecule has 20 heavy (non-hydrogen) atoms. The number of nitrogens with zero attached hydrogens (tertiary/aromatic N) is 1. The maximum absolute atomic E-state index is 6.16. The number of nitrogens with one attached hydrogen (secondary N) is 1. The molecule has 1 heterocycles. The van der Waals surface area contributed by atoms with Crippen molar-refractivity contribution >= 4 is 28.2 Å². The van der Waals surface area contributed by atoms with Crippen LogP contribution in [-0.4, -0.2) is 4.98 Å². The van der Waals surface area contributed by atoms with Crippen LogP contribution in [0.1, 0.15) is 11.1 Å². The van der Waals surface area contributed by atoms with E-state index in [4.69, 9.17) is 11.6 Å². The second-order valence-electron chi connectivity index (χ2n) is 4.87. The lowest BCUT2D eigenvalue weighted by Gasteiger charge is -2.10.